The highest BCUT2D eigenvalue weighted by Crippen LogP contribution is 2.27. The molecule has 0 radical (unpaired) electrons. The van der Waals surface area contributed by atoms with Crippen LogP contribution in [-0.2, 0) is 13.0 Å². The summed E-state index contributed by atoms with van der Waals surface area (Å²) in [7, 11) is 0. The number of aliphatic hydroxyl groups is 1. The second kappa shape index (κ2) is 5.12. The van der Waals surface area contributed by atoms with Gasteiger partial charge in [0.2, 0.25) is 0 Å². The van der Waals surface area contributed by atoms with Crippen molar-refractivity contribution < 1.29 is 5.11 Å². The minimum atomic E-state index is -0.477. The molecule has 1 unspecified atom stereocenters. The van der Waals surface area contributed by atoms with Gasteiger partial charge in [0, 0.05) is 34.1 Å². The van der Waals surface area contributed by atoms with Gasteiger partial charge < -0.3 is 5.11 Å². The highest BCUT2D eigenvalue weighted by molar-refractivity contribution is 9.10. The van der Waals surface area contributed by atoms with Crippen LogP contribution in [0.25, 0.3) is 0 Å². The lowest BCUT2D eigenvalue weighted by Crippen LogP contribution is -2.00. The Labute approximate surface area is 107 Å². The van der Waals surface area contributed by atoms with Crippen LogP contribution in [0.1, 0.15) is 23.5 Å². The number of aryl methyl sites for hydroxylation is 1. The highest BCUT2D eigenvalue weighted by Gasteiger charge is 2.13. The minimum absolute atomic E-state index is 0.477. The van der Waals surface area contributed by atoms with E-state index in [1.54, 1.807) is 17.5 Å². The van der Waals surface area contributed by atoms with Crippen molar-refractivity contribution in [3.05, 3.63) is 38.8 Å². The first-order chi connectivity index (χ1) is 7.70. The van der Waals surface area contributed by atoms with E-state index in [4.69, 9.17) is 0 Å². The van der Waals surface area contributed by atoms with Crippen molar-refractivity contribution in [2.75, 3.05) is 0 Å². The van der Waals surface area contributed by atoms with Gasteiger partial charge in [0.15, 0.2) is 0 Å². The molecule has 0 amide bonds. The largest absolute Gasteiger partial charge is 0.388 e. The normalized spacial score (nSPS) is 12.9. The molecular formula is C11H13BrN2OS. The van der Waals surface area contributed by atoms with E-state index in [0.29, 0.717) is 6.42 Å². The van der Waals surface area contributed by atoms with Crippen molar-refractivity contribution in [1.82, 2.24) is 9.78 Å². The van der Waals surface area contributed by atoms with Crippen LogP contribution >= 0.6 is 27.3 Å². The Bertz CT molecular complexity index is 466. The molecule has 2 rings (SSSR count). The van der Waals surface area contributed by atoms with E-state index in [1.165, 1.54) is 0 Å². The lowest BCUT2D eigenvalue weighted by atomic mass is 10.1. The molecule has 0 saturated heterocycles. The third kappa shape index (κ3) is 2.53. The average Bonchev–Trinajstić information content (AvgIpc) is 2.88. The Morgan fingerprint density at radius 1 is 1.62 bits per heavy atom. The molecule has 16 heavy (non-hydrogen) atoms. The van der Waals surface area contributed by atoms with Crippen molar-refractivity contribution in [1.29, 1.82) is 0 Å². The number of hydrogen-bond donors (Lipinski definition) is 1. The van der Waals surface area contributed by atoms with Crippen LogP contribution in [0.5, 0.6) is 0 Å². The molecule has 86 valence electrons. The third-order valence-electron chi connectivity index (χ3n) is 2.43. The van der Waals surface area contributed by atoms with Crippen molar-refractivity contribution in [3.63, 3.8) is 0 Å². The highest BCUT2D eigenvalue weighted by atomic mass is 79.9. The van der Waals surface area contributed by atoms with Crippen LogP contribution < -0.4 is 0 Å². The van der Waals surface area contributed by atoms with Gasteiger partial charge in [-0.1, -0.05) is 0 Å². The lowest BCUT2D eigenvalue weighted by Gasteiger charge is -2.06. The first-order valence-electron chi connectivity index (χ1n) is 5.13. The first kappa shape index (κ1) is 11.8. The van der Waals surface area contributed by atoms with Crippen LogP contribution in [0.3, 0.4) is 0 Å². The zero-order valence-electron chi connectivity index (χ0n) is 8.93. The minimum Gasteiger partial charge on any atom is -0.388 e. The predicted octanol–water partition coefficient (Wildman–Crippen LogP) is 3.00. The Balaban J connectivity index is 2.08. The summed E-state index contributed by atoms with van der Waals surface area (Å²) < 4.78 is 2.89. The second-order valence-electron chi connectivity index (χ2n) is 3.54. The Hall–Kier alpha value is -0.650. The number of rotatable bonds is 4. The molecule has 1 N–H and O–H groups in total. The summed E-state index contributed by atoms with van der Waals surface area (Å²) in [6, 6.07) is 2.00. The molecule has 1 atom stereocenters. The molecule has 0 aliphatic heterocycles. The fraction of sp³-hybridized carbons (Fsp3) is 0.364. The zero-order valence-corrected chi connectivity index (χ0v) is 11.3. The Morgan fingerprint density at radius 3 is 3.00 bits per heavy atom. The summed E-state index contributed by atoms with van der Waals surface area (Å²) in [4.78, 5) is 1.16. The van der Waals surface area contributed by atoms with Gasteiger partial charge in [-0.05, 0) is 34.3 Å². The van der Waals surface area contributed by atoms with E-state index in [1.807, 2.05) is 29.2 Å². The van der Waals surface area contributed by atoms with Gasteiger partial charge >= 0.3 is 0 Å². The smallest absolute Gasteiger partial charge is 0.0869 e. The molecule has 0 aliphatic rings. The maximum Gasteiger partial charge on any atom is 0.0869 e. The number of hydrogen-bond acceptors (Lipinski definition) is 3. The summed E-state index contributed by atoms with van der Waals surface area (Å²) in [6.45, 7) is 2.86. The van der Waals surface area contributed by atoms with Crippen LogP contribution in [0.4, 0.5) is 0 Å². The molecule has 0 aliphatic carbocycles. The van der Waals surface area contributed by atoms with E-state index >= 15 is 0 Å². The summed E-state index contributed by atoms with van der Waals surface area (Å²) in [5.41, 5.74) is 0.877. The van der Waals surface area contributed by atoms with Gasteiger partial charge in [-0.25, -0.2) is 0 Å². The molecule has 2 aromatic rings. The average molecular weight is 301 g/mol. The predicted molar refractivity (Wildman–Crippen MR) is 68.6 cm³/mol. The van der Waals surface area contributed by atoms with Gasteiger partial charge in [-0.2, -0.15) is 5.10 Å². The summed E-state index contributed by atoms with van der Waals surface area (Å²) >= 11 is 5.12. The van der Waals surface area contributed by atoms with Gasteiger partial charge in [0.1, 0.15) is 0 Å². The van der Waals surface area contributed by atoms with E-state index < -0.39 is 6.10 Å². The van der Waals surface area contributed by atoms with Gasteiger partial charge in [0.05, 0.1) is 12.3 Å². The molecule has 3 nitrogen and oxygen atoms in total. The van der Waals surface area contributed by atoms with E-state index in [-0.39, 0.29) is 0 Å². The number of aliphatic hydroxyl groups excluding tert-OH is 1. The van der Waals surface area contributed by atoms with Crippen molar-refractivity contribution in [2.45, 2.75) is 26.0 Å². The van der Waals surface area contributed by atoms with Crippen LogP contribution in [0.15, 0.2) is 28.3 Å². The monoisotopic (exact) mass is 300 g/mol. The standard InChI is InChI=1S/C11H13BrN2OS/c1-2-14-7-8(6-13-14)10(15)5-11-9(12)3-4-16-11/h3-4,6-7,10,15H,2,5H2,1H3. The Morgan fingerprint density at radius 2 is 2.44 bits per heavy atom. The number of thiophene rings is 1. The second-order valence-corrected chi connectivity index (χ2v) is 5.40. The van der Waals surface area contributed by atoms with Crippen molar-refractivity contribution in [2.24, 2.45) is 0 Å². The lowest BCUT2D eigenvalue weighted by molar-refractivity contribution is 0.179. The van der Waals surface area contributed by atoms with Crippen LogP contribution in [0.2, 0.25) is 0 Å². The third-order valence-corrected chi connectivity index (χ3v) is 4.38. The molecule has 0 spiro atoms. The van der Waals surface area contributed by atoms with E-state index in [9.17, 15) is 5.11 Å². The molecule has 2 aromatic heterocycles. The molecule has 2 heterocycles. The van der Waals surface area contributed by atoms with Crippen molar-refractivity contribution >= 4 is 27.3 Å². The molecule has 0 aromatic carbocycles. The van der Waals surface area contributed by atoms with Gasteiger partial charge in [-0.15, -0.1) is 11.3 Å². The quantitative estimate of drug-likeness (QED) is 0.942. The maximum absolute atomic E-state index is 10.1. The number of halogens is 1. The first-order valence-corrected chi connectivity index (χ1v) is 6.80. The fourth-order valence-electron chi connectivity index (χ4n) is 1.49. The summed E-state index contributed by atoms with van der Waals surface area (Å²) in [5.74, 6) is 0. The number of aromatic nitrogens is 2. The van der Waals surface area contributed by atoms with Crippen molar-refractivity contribution in [3.8, 4) is 0 Å². The SMILES string of the molecule is CCn1cc(C(O)Cc2sccc2Br)cn1. The summed E-state index contributed by atoms with van der Waals surface area (Å²) in [5, 5.41) is 16.2. The Kier molecular flexibility index (Phi) is 3.78. The topological polar surface area (TPSA) is 38.0 Å². The van der Waals surface area contributed by atoms with Crippen LogP contribution in [0, 0.1) is 0 Å². The van der Waals surface area contributed by atoms with Crippen LogP contribution in [-0.4, -0.2) is 14.9 Å². The maximum atomic E-state index is 10.1. The summed E-state index contributed by atoms with van der Waals surface area (Å²) in [6.07, 6.45) is 3.78. The molecular weight excluding hydrogens is 288 g/mol. The zero-order chi connectivity index (χ0) is 11.5. The van der Waals surface area contributed by atoms with Gasteiger partial charge in [-0.3, -0.25) is 4.68 Å². The fourth-order valence-corrected chi connectivity index (χ4v) is 3.04. The molecule has 0 fully saturated rings. The number of nitrogens with zero attached hydrogens (tertiary/aromatic N) is 2. The molecule has 0 bridgehead atoms. The van der Waals surface area contributed by atoms with Gasteiger partial charge in [0.25, 0.3) is 0 Å². The molecule has 0 saturated carbocycles. The van der Waals surface area contributed by atoms with E-state index in [0.717, 1.165) is 21.5 Å². The molecule has 5 heteroatoms. The van der Waals surface area contributed by atoms with E-state index in [2.05, 4.69) is 21.0 Å².